The Balaban J connectivity index is 1.99. The van der Waals surface area contributed by atoms with Crippen LogP contribution in [0.3, 0.4) is 0 Å². The third-order valence-electron chi connectivity index (χ3n) is 2.86. The van der Waals surface area contributed by atoms with Crippen molar-refractivity contribution in [2.75, 3.05) is 0 Å². The monoisotopic (exact) mass is 270 g/mol. The number of benzene rings is 2. The molecule has 3 rings (SSSR count). The molecule has 19 heavy (non-hydrogen) atoms. The van der Waals surface area contributed by atoms with E-state index in [9.17, 15) is 0 Å². The first-order valence-corrected chi connectivity index (χ1v) is 6.27. The molecule has 1 aromatic heterocycles. The van der Waals surface area contributed by atoms with E-state index in [4.69, 9.17) is 16.1 Å². The van der Waals surface area contributed by atoms with Crippen LogP contribution in [0.2, 0.25) is 5.02 Å². The molecule has 1 heterocycles. The summed E-state index contributed by atoms with van der Waals surface area (Å²) in [5.74, 6) is 1.09. The van der Waals surface area contributed by atoms with E-state index in [2.05, 4.69) is 10.1 Å². The molecule has 0 amide bonds. The van der Waals surface area contributed by atoms with Gasteiger partial charge in [-0.1, -0.05) is 35.0 Å². The largest absolute Gasteiger partial charge is 0.334 e. The number of aromatic nitrogens is 2. The molecule has 0 fully saturated rings. The molecule has 0 aliphatic carbocycles. The maximum atomic E-state index is 6.00. The predicted octanol–water partition coefficient (Wildman–Crippen LogP) is 4.37. The molecule has 3 aromatic rings. The fourth-order valence-corrected chi connectivity index (χ4v) is 1.94. The Labute approximate surface area is 115 Å². The van der Waals surface area contributed by atoms with Crippen LogP contribution in [0.25, 0.3) is 22.8 Å². The van der Waals surface area contributed by atoms with Crippen LogP contribution in [-0.4, -0.2) is 10.1 Å². The first-order chi connectivity index (χ1) is 9.24. The maximum absolute atomic E-state index is 6.00. The van der Waals surface area contributed by atoms with Gasteiger partial charge in [0.1, 0.15) is 0 Å². The van der Waals surface area contributed by atoms with Crippen LogP contribution in [0, 0.1) is 6.92 Å². The predicted molar refractivity (Wildman–Crippen MR) is 74.9 cm³/mol. The van der Waals surface area contributed by atoms with Gasteiger partial charge in [0, 0.05) is 16.1 Å². The summed E-state index contributed by atoms with van der Waals surface area (Å²) in [6.07, 6.45) is 0. The molecule has 0 saturated carbocycles. The molecule has 4 heteroatoms. The molecular weight excluding hydrogens is 260 g/mol. The van der Waals surface area contributed by atoms with Crippen LogP contribution in [0.1, 0.15) is 5.56 Å². The number of rotatable bonds is 2. The highest BCUT2D eigenvalue weighted by atomic mass is 35.5. The van der Waals surface area contributed by atoms with Crippen molar-refractivity contribution in [2.24, 2.45) is 0 Å². The summed E-state index contributed by atoms with van der Waals surface area (Å²) in [6, 6.07) is 15.4. The Morgan fingerprint density at radius 3 is 2.53 bits per heavy atom. The minimum atomic E-state index is 0.517. The van der Waals surface area contributed by atoms with E-state index in [1.807, 2.05) is 55.5 Å². The second kappa shape index (κ2) is 4.86. The van der Waals surface area contributed by atoms with E-state index in [1.54, 1.807) is 0 Å². The fourth-order valence-electron chi connectivity index (χ4n) is 1.82. The van der Waals surface area contributed by atoms with Crippen molar-refractivity contribution in [1.82, 2.24) is 10.1 Å². The third-order valence-corrected chi connectivity index (χ3v) is 3.29. The SMILES string of the molecule is Cc1cc(-c2noc(-c3ccccc3)n2)ccc1Cl. The summed E-state index contributed by atoms with van der Waals surface area (Å²) < 4.78 is 5.28. The minimum Gasteiger partial charge on any atom is -0.334 e. The lowest BCUT2D eigenvalue weighted by atomic mass is 10.1. The molecule has 0 radical (unpaired) electrons. The van der Waals surface area contributed by atoms with Gasteiger partial charge in [-0.25, -0.2) is 0 Å². The quantitative estimate of drug-likeness (QED) is 0.694. The Morgan fingerprint density at radius 1 is 1.00 bits per heavy atom. The zero-order valence-electron chi connectivity index (χ0n) is 10.3. The van der Waals surface area contributed by atoms with Gasteiger partial charge >= 0.3 is 0 Å². The summed E-state index contributed by atoms with van der Waals surface area (Å²) in [5, 5.41) is 4.74. The number of halogens is 1. The van der Waals surface area contributed by atoms with Crippen LogP contribution in [0.5, 0.6) is 0 Å². The van der Waals surface area contributed by atoms with E-state index in [-0.39, 0.29) is 0 Å². The van der Waals surface area contributed by atoms with Gasteiger partial charge in [0.15, 0.2) is 0 Å². The van der Waals surface area contributed by atoms with E-state index in [1.165, 1.54) is 0 Å². The number of hydrogen-bond acceptors (Lipinski definition) is 3. The van der Waals surface area contributed by atoms with Gasteiger partial charge in [-0.05, 0) is 42.8 Å². The molecule has 0 aliphatic heterocycles. The van der Waals surface area contributed by atoms with Gasteiger partial charge < -0.3 is 4.52 Å². The Kier molecular flexibility index (Phi) is 3.05. The van der Waals surface area contributed by atoms with Gasteiger partial charge in [0.2, 0.25) is 5.82 Å². The number of aryl methyl sites for hydroxylation is 1. The minimum absolute atomic E-state index is 0.517. The number of hydrogen-bond donors (Lipinski definition) is 0. The summed E-state index contributed by atoms with van der Waals surface area (Å²) in [6.45, 7) is 1.95. The number of nitrogens with zero attached hydrogens (tertiary/aromatic N) is 2. The molecule has 0 unspecified atom stereocenters. The van der Waals surface area contributed by atoms with Crippen molar-refractivity contribution in [1.29, 1.82) is 0 Å². The van der Waals surface area contributed by atoms with Crippen LogP contribution in [0.4, 0.5) is 0 Å². The summed E-state index contributed by atoms with van der Waals surface area (Å²) in [4.78, 5) is 4.40. The van der Waals surface area contributed by atoms with Crippen molar-refractivity contribution >= 4 is 11.6 Å². The van der Waals surface area contributed by atoms with Gasteiger partial charge in [0.25, 0.3) is 5.89 Å². The van der Waals surface area contributed by atoms with Gasteiger partial charge in [-0.3, -0.25) is 0 Å². The lowest BCUT2D eigenvalue weighted by molar-refractivity contribution is 0.432. The average molecular weight is 271 g/mol. The van der Waals surface area contributed by atoms with Crippen LogP contribution < -0.4 is 0 Å². The van der Waals surface area contributed by atoms with Gasteiger partial charge in [0.05, 0.1) is 0 Å². The highest BCUT2D eigenvalue weighted by Crippen LogP contribution is 2.25. The van der Waals surface area contributed by atoms with Crippen molar-refractivity contribution in [3.63, 3.8) is 0 Å². The first kappa shape index (κ1) is 11.9. The zero-order valence-corrected chi connectivity index (χ0v) is 11.1. The van der Waals surface area contributed by atoms with Crippen LogP contribution in [-0.2, 0) is 0 Å². The lowest BCUT2D eigenvalue weighted by Crippen LogP contribution is -1.83. The van der Waals surface area contributed by atoms with Crippen LogP contribution in [0.15, 0.2) is 53.1 Å². The second-order valence-electron chi connectivity index (χ2n) is 4.25. The highest BCUT2D eigenvalue weighted by Gasteiger charge is 2.10. The smallest absolute Gasteiger partial charge is 0.258 e. The third kappa shape index (κ3) is 2.37. The van der Waals surface area contributed by atoms with Crippen molar-refractivity contribution < 1.29 is 4.52 Å². The van der Waals surface area contributed by atoms with E-state index in [0.29, 0.717) is 11.7 Å². The topological polar surface area (TPSA) is 38.9 Å². The summed E-state index contributed by atoms with van der Waals surface area (Å²) in [7, 11) is 0. The Hall–Kier alpha value is -2.13. The Morgan fingerprint density at radius 2 is 1.79 bits per heavy atom. The zero-order chi connectivity index (χ0) is 13.2. The molecule has 0 spiro atoms. The standard InChI is InChI=1S/C15H11ClN2O/c1-10-9-12(7-8-13(10)16)14-17-15(19-18-14)11-5-3-2-4-6-11/h2-9H,1H3. The molecule has 0 atom stereocenters. The molecule has 0 bridgehead atoms. The fraction of sp³-hybridized carbons (Fsp3) is 0.0667. The summed E-state index contributed by atoms with van der Waals surface area (Å²) in [5.41, 5.74) is 2.80. The maximum Gasteiger partial charge on any atom is 0.258 e. The molecule has 0 saturated heterocycles. The highest BCUT2D eigenvalue weighted by molar-refractivity contribution is 6.31. The molecule has 3 nitrogen and oxygen atoms in total. The molecule has 0 aliphatic rings. The van der Waals surface area contributed by atoms with Crippen molar-refractivity contribution in [2.45, 2.75) is 6.92 Å². The second-order valence-corrected chi connectivity index (χ2v) is 4.66. The lowest BCUT2D eigenvalue weighted by Gasteiger charge is -1.99. The average Bonchev–Trinajstić information content (AvgIpc) is 2.93. The normalized spacial score (nSPS) is 10.6. The van der Waals surface area contributed by atoms with E-state index >= 15 is 0 Å². The molecule has 0 N–H and O–H groups in total. The molecular formula is C15H11ClN2O. The molecule has 94 valence electrons. The van der Waals surface area contributed by atoms with E-state index < -0.39 is 0 Å². The van der Waals surface area contributed by atoms with Gasteiger partial charge in [-0.2, -0.15) is 4.98 Å². The van der Waals surface area contributed by atoms with Crippen LogP contribution >= 0.6 is 11.6 Å². The summed E-state index contributed by atoms with van der Waals surface area (Å²) >= 11 is 6.00. The Bertz CT molecular complexity index is 707. The van der Waals surface area contributed by atoms with Crippen molar-refractivity contribution in [3.8, 4) is 22.8 Å². The first-order valence-electron chi connectivity index (χ1n) is 5.90. The van der Waals surface area contributed by atoms with E-state index in [0.717, 1.165) is 21.7 Å². The van der Waals surface area contributed by atoms with Crippen molar-refractivity contribution in [3.05, 3.63) is 59.1 Å². The van der Waals surface area contributed by atoms with Gasteiger partial charge in [-0.15, -0.1) is 0 Å². The molecule has 2 aromatic carbocycles.